The maximum absolute atomic E-state index is 12.0. The molecule has 2 aromatic rings. The highest BCUT2D eigenvalue weighted by atomic mass is 35.5. The van der Waals surface area contributed by atoms with Gasteiger partial charge < -0.3 is 9.88 Å². The third kappa shape index (κ3) is 4.24. The smallest absolute Gasteiger partial charge is 0.234 e. The molecular formula is C15H19ClN4OS. The van der Waals surface area contributed by atoms with Gasteiger partial charge in [-0.1, -0.05) is 42.4 Å². The lowest BCUT2D eigenvalue weighted by Gasteiger charge is -2.08. The molecule has 22 heavy (non-hydrogen) atoms. The number of para-hydroxylation sites is 1. The fraction of sp³-hybridized carbons (Fsp3) is 0.400. The first-order valence-electron chi connectivity index (χ1n) is 7.25. The number of rotatable bonds is 7. The van der Waals surface area contributed by atoms with E-state index in [0.717, 1.165) is 30.4 Å². The van der Waals surface area contributed by atoms with E-state index in [9.17, 15) is 4.79 Å². The number of amides is 1. The quantitative estimate of drug-likeness (QED) is 0.783. The molecule has 0 radical (unpaired) electrons. The van der Waals surface area contributed by atoms with E-state index >= 15 is 0 Å². The molecule has 0 spiro atoms. The van der Waals surface area contributed by atoms with Gasteiger partial charge in [-0.05, 0) is 25.5 Å². The number of carbonyl (C=O) groups is 1. The summed E-state index contributed by atoms with van der Waals surface area (Å²) in [5.74, 6) is 1.13. The highest BCUT2D eigenvalue weighted by molar-refractivity contribution is 7.99. The van der Waals surface area contributed by atoms with Gasteiger partial charge in [0, 0.05) is 13.0 Å². The zero-order valence-electron chi connectivity index (χ0n) is 12.7. The topological polar surface area (TPSA) is 59.8 Å². The van der Waals surface area contributed by atoms with Crippen LogP contribution in [0, 0.1) is 0 Å². The summed E-state index contributed by atoms with van der Waals surface area (Å²) in [6, 6.07) is 7.18. The molecule has 5 nitrogen and oxygen atoms in total. The van der Waals surface area contributed by atoms with Gasteiger partial charge >= 0.3 is 0 Å². The van der Waals surface area contributed by atoms with Gasteiger partial charge in [0.15, 0.2) is 5.16 Å². The molecule has 118 valence electrons. The molecule has 0 aliphatic carbocycles. The lowest BCUT2D eigenvalue weighted by Crippen LogP contribution is -2.15. The average molecular weight is 339 g/mol. The predicted molar refractivity (Wildman–Crippen MR) is 90.5 cm³/mol. The third-order valence-corrected chi connectivity index (χ3v) is 4.36. The predicted octanol–water partition coefficient (Wildman–Crippen LogP) is 3.63. The van der Waals surface area contributed by atoms with Gasteiger partial charge in [0.25, 0.3) is 0 Å². The maximum Gasteiger partial charge on any atom is 0.234 e. The second-order valence-corrected chi connectivity index (χ2v) is 6.06. The largest absolute Gasteiger partial charge is 0.324 e. The molecule has 1 heterocycles. The van der Waals surface area contributed by atoms with E-state index in [0.29, 0.717) is 10.7 Å². The van der Waals surface area contributed by atoms with Crippen LogP contribution in [0.15, 0.2) is 29.4 Å². The molecule has 0 bridgehead atoms. The standard InChI is InChI=1S/C15H19ClN4OS/c1-3-7-13-18-19-15(20(13)4-2)22-10-14(21)17-12-9-6-5-8-11(12)16/h5-6,8-9H,3-4,7,10H2,1-2H3,(H,17,21). The zero-order chi connectivity index (χ0) is 15.9. The van der Waals surface area contributed by atoms with Crippen molar-refractivity contribution < 1.29 is 4.79 Å². The van der Waals surface area contributed by atoms with Gasteiger partial charge in [-0.2, -0.15) is 0 Å². The van der Waals surface area contributed by atoms with Crippen LogP contribution in [0.25, 0.3) is 0 Å². The molecule has 7 heteroatoms. The minimum absolute atomic E-state index is 0.110. The van der Waals surface area contributed by atoms with E-state index in [1.165, 1.54) is 11.8 Å². The Balaban J connectivity index is 1.95. The third-order valence-electron chi connectivity index (χ3n) is 3.06. The van der Waals surface area contributed by atoms with Crippen molar-refractivity contribution in [3.05, 3.63) is 35.1 Å². The number of nitrogens with zero attached hydrogens (tertiary/aromatic N) is 3. The van der Waals surface area contributed by atoms with Crippen molar-refractivity contribution in [3.8, 4) is 0 Å². The minimum Gasteiger partial charge on any atom is -0.324 e. The number of anilines is 1. The Hall–Kier alpha value is -1.53. The Kier molecular flexibility index (Phi) is 6.27. The molecular weight excluding hydrogens is 320 g/mol. The van der Waals surface area contributed by atoms with E-state index in [-0.39, 0.29) is 11.7 Å². The lowest BCUT2D eigenvalue weighted by atomic mass is 10.3. The molecule has 0 unspecified atom stereocenters. The van der Waals surface area contributed by atoms with E-state index in [2.05, 4.69) is 33.9 Å². The number of aromatic nitrogens is 3. The van der Waals surface area contributed by atoms with Crippen molar-refractivity contribution >= 4 is 35.0 Å². The van der Waals surface area contributed by atoms with Gasteiger partial charge in [0.1, 0.15) is 5.82 Å². The number of aryl methyl sites for hydroxylation is 1. The van der Waals surface area contributed by atoms with Crippen LogP contribution >= 0.6 is 23.4 Å². The van der Waals surface area contributed by atoms with Crippen LogP contribution in [-0.2, 0) is 17.8 Å². The molecule has 0 saturated heterocycles. The van der Waals surface area contributed by atoms with Gasteiger partial charge in [-0.3, -0.25) is 4.79 Å². The lowest BCUT2D eigenvalue weighted by molar-refractivity contribution is -0.113. The molecule has 1 aromatic carbocycles. The molecule has 1 aromatic heterocycles. The number of halogens is 1. The van der Waals surface area contributed by atoms with E-state index in [4.69, 9.17) is 11.6 Å². The summed E-state index contributed by atoms with van der Waals surface area (Å²) in [6.07, 6.45) is 1.92. The van der Waals surface area contributed by atoms with Crippen LogP contribution in [0.1, 0.15) is 26.1 Å². The van der Waals surface area contributed by atoms with E-state index in [1.54, 1.807) is 12.1 Å². The molecule has 0 aliphatic rings. The summed E-state index contributed by atoms with van der Waals surface area (Å²) < 4.78 is 2.05. The van der Waals surface area contributed by atoms with Crippen LogP contribution < -0.4 is 5.32 Å². The first kappa shape index (κ1) is 16.8. The second kappa shape index (κ2) is 8.19. The SMILES string of the molecule is CCCc1nnc(SCC(=O)Nc2ccccc2Cl)n1CC. The minimum atomic E-state index is -0.110. The summed E-state index contributed by atoms with van der Waals surface area (Å²) in [5, 5.41) is 12.5. The summed E-state index contributed by atoms with van der Waals surface area (Å²) in [7, 11) is 0. The van der Waals surface area contributed by atoms with Gasteiger partial charge in [-0.15, -0.1) is 10.2 Å². The van der Waals surface area contributed by atoms with E-state index in [1.807, 2.05) is 12.1 Å². The van der Waals surface area contributed by atoms with Crippen molar-refractivity contribution in [3.63, 3.8) is 0 Å². The number of carbonyl (C=O) groups excluding carboxylic acids is 1. The Morgan fingerprint density at radius 2 is 2.09 bits per heavy atom. The number of nitrogens with one attached hydrogen (secondary N) is 1. The van der Waals surface area contributed by atoms with Gasteiger partial charge in [0.05, 0.1) is 16.5 Å². The summed E-state index contributed by atoms with van der Waals surface area (Å²) in [6.45, 7) is 4.96. The Bertz CT molecular complexity index is 644. The van der Waals surface area contributed by atoms with E-state index < -0.39 is 0 Å². The van der Waals surface area contributed by atoms with Crippen LogP contribution in [-0.4, -0.2) is 26.4 Å². The maximum atomic E-state index is 12.0. The molecule has 1 N–H and O–H groups in total. The molecule has 0 fully saturated rings. The first-order valence-corrected chi connectivity index (χ1v) is 8.61. The number of thioether (sulfide) groups is 1. The second-order valence-electron chi connectivity index (χ2n) is 4.71. The molecule has 2 rings (SSSR count). The Labute approximate surface area is 139 Å². The molecule has 0 atom stereocenters. The monoisotopic (exact) mass is 338 g/mol. The fourth-order valence-electron chi connectivity index (χ4n) is 2.03. The number of hydrogen-bond donors (Lipinski definition) is 1. The average Bonchev–Trinajstić information content (AvgIpc) is 2.90. The Morgan fingerprint density at radius 1 is 1.32 bits per heavy atom. The first-order chi connectivity index (χ1) is 10.7. The molecule has 1 amide bonds. The van der Waals surface area contributed by atoms with Crippen LogP contribution in [0.5, 0.6) is 0 Å². The molecule has 0 saturated carbocycles. The van der Waals surface area contributed by atoms with Crippen LogP contribution in [0.4, 0.5) is 5.69 Å². The van der Waals surface area contributed by atoms with Crippen LogP contribution in [0.2, 0.25) is 5.02 Å². The van der Waals surface area contributed by atoms with Crippen LogP contribution in [0.3, 0.4) is 0 Å². The highest BCUT2D eigenvalue weighted by Crippen LogP contribution is 2.22. The highest BCUT2D eigenvalue weighted by Gasteiger charge is 2.13. The fourth-order valence-corrected chi connectivity index (χ4v) is 3.04. The number of hydrogen-bond acceptors (Lipinski definition) is 4. The normalized spacial score (nSPS) is 10.7. The zero-order valence-corrected chi connectivity index (χ0v) is 14.2. The summed E-state index contributed by atoms with van der Waals surface area (Å²) in [4.78, 5) is 12.0. The van der Waals surface area contributed by atoms with Crippen molar-refractivity contribution in [2.45, 2.75) is 38.4 Å². The van der Waals surface area contributed by atoms with Gasteiger partial charge in [-0.25, -0.2) is 0 Å². The summed E-state index contributed by atoms with van der Waals surface area (Å²) >= 11 is 7.41. The van der Waals surface area contributed by atoms with Crippen molar-refractivity contribution in [2.75, 3.05) is 11.1 Å². The van der Waals surface area contributed by atoms with Crippen molar-refractivity contribution in [1.82, 2.24) is 14.8 Å². The Morgan fingerprint density at radius 3 is 2.77 bits per heavy atom. The van der Waals surface area contributed by atoms with Gasteiger partial charge in [0.2, 0.25) is 5.91 Å². The van der Waals surface area contributed by atoms with Crippen molar-refractivity contribution in [1.29, 1.82) is 0 Å². The number of benzene rings is 1. The molecule has 0 aliphatic heterocycles. The van der Waals surface area contributed by atoms with Crippen molar-refractivity contribution in [2.24, 2.45) is 0 Å². The summed E-state index contributed by atoms with van der Waals surface area (Å²) in [5.41, 5.74) is 0.624.